The van der Waals surface area contributed by atoms with E-state index in [-0.39, 0.29) is 23.1 Å². The van der Waals surface area contributed by atoms with E-state index >= 15 is 0 Å². The highest BCUT2D eigenvalue weighted by Gasteiger charge is 2.16. The summed E-state index contributed by atoms with van der Waals surface area (Å²) in [6, 6.07) is 3.09. The van der Waals surface area contributed by atoms with Crippen molar-refractivity contribution in [1.82, 2.24) is 10.1 Å². The highest BCUT2D eigenvalue weighted by Crippen LogP contribution is 2.24. The van der Waals surface area contributed by atoms with E-state index < -0.39 is 10.7 Å². The van der Waals surface area contributed by atoms with Gasteiger partial charge in [-0.15, -0.1) is 0 Å². The maximum Gasteiger partial charge on any atom is 0.272 e. The van der Waals surface area contributed by atoms with Crippen molar-refractivity contribution in [2.75, 3.05) is 5.73 Å². The van der Waals surface area contributed by atoms with Crippen molar-refractivity contribution in [3.63, 3.8) is 0 Å². The third-order valence-electron chi connectivity index (χ3n) is 1.84. The lowest BCUT2D eigenvalue weighted by molar-refractivity contribution is -0.385. The van der Waals surface area contributed by atoms with Crippen LogP contribution < -0.4 is 5.73 Å². The molecule has 16 heavy (non-hydrogen) atoms. The number of nitrogen functional groups attached to an aromatic ring is 1. The number of aromatic nitrogens is 2. The third-order valence-corrected chi connectivity index (χ3v) is 1.84. The van der Waals surface area contributed by atoms with E-state index in [1.807, 2.05) is 0 Å². The highest BCUT2D eigenvalue weighted by atomic mass is 19.1. The van der Waals surface area contributed by atoms with Gasteiger partial charge in [0, 0.05) is 6.07 Å². The molecule has 0 saturated heterocycles. The first-order valence-electron chi connectivity index (χ1n) is 4.11. The van der Waals surface area contributed by atoms with Crippen LogP contribution in [0, 0.1) is 15.9 Å². The van der Waals surface area contributed by atoms with Crippen LogP contribution in [-0.4, -0.2) is 15.1 Å². The molecule has 0 atom stereocenters. The smallest absolute Gasteiger partial charge is 0.272 e. The van der Waals surface area contributed by atoms with E-state index in [1.54, 1.807) is 0 Å². The van der Waals surface area contributed by atoms with Crippen LogP contribution in [0.5, 0.6) is 0 Å². The summed E-state index contributed by atoms with van der Waals surface area (Å²) >= 11 is 0. The molecule has 0 spiro atoms. The fraction of sp³-hybridized carbons (Fsp3) is 0. The second kappa shape index (κ2) is 3.57. The molecular weight excluding hydrogens is 219 g/mol. The van der Waals surface area contributed by atoms with Gasteiger partial charge in [0.2, 0.25) is 0 Å². The molecule has 8 heteroatoms. The number of non-ortho nitro benzene ring substituents is 1. The Morgan fingerprint density at radius 2 is 2.25 bits per heavy atom. The van der Waals surface area contributed by atoms with Gasteiger partial charge in [-0.2, -0.15) is 4.98 Å². The van der Waals surface area contributed by atoms with E-state index in [9.17, 15) is 14.5 Å². The van der Waals surface area contributed by atoms with Crippen molar-refractivity contribution in [2.24, 2.45) is 0 Å². The van der Waals surface area contributed by atoms with Crippen LogP contribution in [0.25, 0.3) is 11.5 Å². The minimum absolute atomic E-state index is 0.0326. The summed E-state index contributed by atoms with van der Waals surface area (Å²) in [5, 5.41) is 13.7. The van der Waals surface area contributed by atoms with Crippen molar-refractivity contribution < 1.29 is 13.8 Å². The van der Waals surface area contributed by atoms with Crippen molar-refractivity contribution >= 4 is 11.6 Å². The van der Waals surface area contributed by atoms with Crippen molar-refractivity contribution in [1.29, 1.82) is 0 Å². The fourth-order valence-corrected chi connectivity index (χ4v) is 1.14. The molecule has 0 aliphatic rings. The zero-order valence-corrected chi connectivity index (χ0v) is 7.75. The Kier molecular flexibility index (Phi) is 2.24. The van der Waals surface area contributed by atoms with Gasteiger partial charge in [0.1, 0.15) is 5.82 Å². The molecule has 0 amide bonds. The molecule has 2 N–H and O–H groups in total. The zero-order valence-electron chi connectivity index (χ0n) is 7.75. The van der Waals surface area contributed by atoms with Gasteiger partial charge in [-0.3, -0.25) is 10.1 Å². The molecule has 0 bridgehead atoms. The van der Waals surface area contributed by atoms with Crippen molar-refractivity contribution in [2.45, 2.75) is 0 Å². The summed E-state index contributed by atoms with van der Waals surface area (Å²) in [4.78, 5) is 13.3. The maximum absolute atomic E-state index is 13.4. The highest BCUT2D eigenvalue weighted by molar-refractivity contribution is 5.57. The molecule has 0 saturated carbocycles. The molecule has 0 radical (unpaired) electrons. The van der Waals surface area contributed by atoms with Crippen LogP contribution in [0.2, 0.25) is 0 Å². The number of nitrogens with zero attached hydrogens (tertiary/aromatic N) is 3. The van der Waals surface area contributed by atoms with Gasteiger partial charge in [-0.25, -0.2) is 4.39 Å². The number of halogens is 1. The lowest BCUT2D eigenvalue weighted by Gasteiger charge is -1.96. The van der Waals surface area contributed by atoms with Crippen LogP contribution in [0.15, 0.2) is 22.7 Å². The maximum atomic E-state index is 13.4. The Bertz CT molecular complexity index is 554. The number of anilines is 1. The predicted molar refractivity (Wildman–Crippen MR) is 50.8 cm³/mol. The first-order chi connectivity index (χ1) is 7.58. The van der Waals surface area contributed by atoms with E-state index in [4.69, 9.17) is 5.73 Å². The standard InChI is InChI=1S/C8H5FN4O3/c9-6-3-4(13(14)15)1-2-5(6)7-11-8(10)12-16-7/h1-3H,(H2,10,12). The Labute approximate surface area is 87.8 Å². The SMILES string of the molecule is Nc1noc(-c2ccc([N+](=O)[O-])cc2F)n1. The average molecular weight is 224 g/mol. The van der Waals surface area contributed by atoms with Crippen LogP contribution in [-0.2, 0) is 0 Å². The number of benzene rings is 1. The number of nitrogens with two attached hydrogens (primary N) is 1. The summed E-state index contributed by atoms with van der Waals surface area (Å²) in [6.45, 7) is 0. The van der Waals surface area contributed by atoms with Gasteiger partial charge in [0.25, 0.3) is 17.5 Å². The van der Waals surface area contributed by atoms with E-state index in [2.05, 4.69) is 14.7 Å². The van der Waals surface area contributed by atoms with Gasteiger partial charge < -0.3 is 10.3 Å². The monoisotopic (exact) mass is 224 g/mol. The normalized spacial score (nSPS) is 10.3. The van der Waals surface area contributed by atoms with Crippen molar-refractivity contribution in [3.05, 3.63) is 34.1 Å². The molecule has 0 aliphatic heterocycles. The quantitative estimate of drug-likeness (QED) is 0.609. The largest absolute Gasteiger partial charge is 0.365 e. The van der Waals surface area contributed by atoms with Crippen LogP contribution >= 0.6 is 0 Å². The molecule has 7 nitrogen and oxygen atoms in total. The van der Waals surface area contributed by atoms with E-state index in [0.29, 0.717) is 0 Å². The molecule has 2 aromatic rings. The van der Waals surface area contributed by atoms with Gasteiger partial charge >= 0.3 is 0 Å². The summed E-state index contributed by atoms with van der Waals surface area (Å²) in [7, 11) is 0. The number of nitro benzene ring substituents is 1. The minimum Gasteiger partial charge on any atom is -0.365 e. The lowest BCUT2D eigenvalue weighted by Crippen LogP contribution is -1.91. The average Bonchev–Trinajstić information content (AvgIpc) is 2.64. The molecule has 82 valence electrons. The number of nitro groups is 1. The van der Waals surface area contributed by atoms with Gasteiger partial charge in [-0.05, 0) is 11.2 Å². The Morgan fingerprint density at radius 3 is 2.75 bits per heavy atom. The summed E-state index contributed by atoms with van der Waals surface area (Å²) in [5.74, 6) is -1.07. The molecule has 0 fully saturated rings. The minimum atomic E-state index is -0.821. The molecule has 0 aliphatic carbocycles. The second-order valence-corrected chi connectivity index (χ2v) is 2.88. The first-order valence-corrected chi connectivity index (χ1v) is 4.11. The molecule has 2 rings (SSSR count). The Hall–Kier alpha value is -2.51. The van der Waals surface area contributed by atoms with Gasteiger partial charge in [0.15, 0.2) is 0 Å². The number of hydrogen-bond acceptors (Lipinski definition) is 6. The lowest BCUT2D eigenvalue weighted by atomic mass is 10.2. The summed E-state index contributed by atoms with van der Waals surface area (Å²) in [6.07, 6.45) is 0. The van der Waals surface area contributed by atoms with Crippen molar-refractivity contribution in [3.8, 4) is 11.5 Å². The van der Waals surface area contributed by atoms with Gasteiger partial charge in [-0.1, -0.05) is 0 Å². The van der Waals surface area contributed by atoms with Crippen LogP contribution in [0.4, 0.5) is 16.0 Å². The van der Waals surface area contributed by atoms with Crippen LogP contribution in [0.3, 0.4) is 0 Å². The van der Waals surface area contributed by atoms with Gasteiger partial charge in [0.05, 0.1) is 16.6 Å². The third kappa shape index (κ3) is 1.67. The fourth-order valence-electron chi connectivity index (χ4n) is 1.14. The molecule has 0 unspecified atom stereocenters. The molecule has 1 aromatic heterocycles. The van der Waals surface area contributed by atoms with Crippen LogP contribution in [0.1, 0.15) is 0 Å². The molecular formula is C8H5FN4O3. The van der Waals surface area contributed by atoms with E-state index in [0.717, 1.165) is 12.1 Å². The number of rotatable bonds is 2. The molecule has 1 heterocycles. The Balaban J connectivity index is 2.47. The predicted octanol–water partition coefficient (Wildman–Crippen LogP) is 1.37. The zero-order chi connectivity index (χ0) is 11.7. The molecule has 1 aromatic carbocycles. The van der Waals surface area contributed by atoms with E-state index in [1.165, 1.54) is 6.07 Å². The number of hydrogen-bond donors (Lipinski definition) is 1. The Morgan fingerprint density at radius 1 is 1.50 bits per heavy atom. The second-order valence-electron chi connectivity index (χ2n) is 2.88. The topological polar surface area (TPSA) is 108 Å². The first kappa shape index (κ1) is 10.0. The summed E-state index contributed by atoms with van der Waals surface area (Å²) in [5.41, 5.74) is 4.81. The summed E-state index contributed by atoms with van der Waals surface area (Å²) < 4.78 is 18.1.